The van der Waals surface area contributed by atoms with Gasteiger partial charge >= 0.3 is 0 Å². The first kappa shape index (κ1) is 20.5. The molecule has 10 heteroatoms. The Morgan fingerprint density at radius 2 is 1.12 bits per heavy atom. The van der Waals surface area contributed by atoms with Gasteiger partial charge in [-0.2, -0.15) is 0 Å². The second kappa shape index (κ2) is 10.9. The molecule has 0 unspecified atom stereocenters. The highest BCUT2D eigenvalue weighted by molar-refractivity contribution is 8.03. The lowest BCUT2D eigenvalue weighted by Crippen LogP contribution is -1.85. The van der Waals surface area contributed by atoms with Crippen molar-refractivity contribution in [2.24, 2.45) is 0 Å². The summed E-state index contributed by atoms with van der Waals surface area (Å²) >= 11 is 10.4. The molecule has 0 aliphatic carbocycles. The molecule has 1 aromatic carbocycles. The number of nitrogens with zero attached hydrogens (tertiary/aromatic N) is 4. The van der Waals surface area contributed by atoms with E-state index in [0.29, 0.717) is 0 Å². The second-order valence-corrected chi connectivity index (χ2v) is 12.4. The highest BCUT2D eigenvalue weighted by atomic mass is 32.2. The van der Waals surface area contributed by atoms with E-state index >= 15 is 0 Å². The van der Waals surface area contributed by atoms with Crippen molar-refractivity contribution >= 4 is 69.7 Å². The molecule has 0 radical (unpaired) electrons. The van der Waals surface area contributed by atoms with Crippen LogP contribution < -0.4 is 0 Å². The third kappa shape index (κ3) is 6.42. The van der Waals surface area contributed by atoms with Crippen LogP contribution in [0.1, 0.15) is 25.0 Å². The van der Waals surface area contributed by atoms with Crippen molar-refractivity contribution in [2.45, 2.75) is 42.7 Å². The van der Waals surface area contributed by atoms with Crippen LogP contribution in [0.15, 0.2) is 41.6 Å². The minimum absolute atomic E-state index is 0.917. The zero-order chi connectivity index (χ0) is 18.2. The molecule has 3 aromatic rings. The fraction of sp³-hybridized carbons (Fsp3) is 0.375. The standard InChI is InChI=1S/C16H18N4S6/c1-3-21-13-17-19-15(25-13)23-9-11-6-5-7-12(8-11)10-24-16-20-18-14(26-16)22-4-2/h5-8H,3-4,9-10H2,1-2H3. The molecule has 4 nitrogen and oxygen atoms in total. The van der Waals surface area contributed by atoms with Crippen LogP contribution in [0.5, 0.6) is 0 Å². The molecule has 0 aliphatic heterocycles. The molecule has 0 spiro atoms. The van der Waals surface area contributed by atoms with E-state index in [0.717, 1.165) is 40.4 Å². The molecular formula is C16H18N4S6. The summed E-state index contributed by atoms with van der Waals surface area (Å²) in [5.74, 6) is 3.90. The van der Waals surface area contributed by atoms with E-state index in [1.807, 2.05) is 0 Å². The van der Waals surface area contributed by atoms with Gasteiger partial charge in [-0.3, -0.25) is 0 Å². The first-order valence-corrected chi connectivity index (χ1v) is 13.6. The van der Waals surface area contributed by atoms with Crippen LogP contribution in [0, 0.1) is 0 Å². The molecular weight excluding hydrogens is 441 g/mol. The predicted octanol–water partition coefficient (Wildman–Crippen LogP) is 6.20. The fourth-order valence-corrected chi connectivity index (χ4v) is 7.69. The topological polar surface area (TPSA) is 51.6 Å². The minimum Gasteiger partial charge on any atom is -0.131 e. The predicted molar refractivity (Wildman–Crippen MR) is 118 cm³/mol. The lowest BCUT2D eigenvalue weighted by atomic mass is 10.2. The van der Waals surface area contributed by atoms with Crippen LogP contribution in [-0.4, -0.2) is 31.9 Å². The number of benzene rings is 1. The van der Waals surface area contributed by atoms with Crippen molar-refractivity contribution in [1.82, 2.24) is 20.4 Å². The summed E-state index contributed by atoms with van der Waals surface area (Å²) in [4.78, 5) is 0. The van der Waals surface area contributed by atoms with Crippen molar-refractivity contribution < 1.29 is 0 Å². The van der Waals surface area contributed by atoms with Gasteiger partial charge in [0.05, 0.1) is 0 Å². The van der Waals surface area contributed by atoms with E-state index in [-0.39, 0.29) is 0 Å². The van der Waals surface area contributed by atoms with Gasteiger partial charge in [0.1, 0.15) is 0 Å². The maximum atomic E-state index is 4.26. The van der Waals surface area contributed by atoms with Gasteiger partial charge in [0, 0.05) is 11.5 Å². The first-order valence-electron chi connectivity index (χ1n) is 8.02. The monoisotopic (exact) mass is 458 g/mol. The Hall–Kier alpha value is -0.260. The summed E-state index contributed by atoms with van der Waals surface area (Å²) in [5, 5.41) is 16.9. The van der Waals surface area contributed by atoms with Crippen LogP contribution >= 0.6 is 69.7 Å². The smallest absolute Gasteiger partial charge is 0.131 e. The van der Waals surface area contributed by atoms with Crippen molar-refractivity contribution in [3.8, 4) is 0 Å². The molecule has 0 atom stereocenters. The summed E-state index contributed by atoms with van der Waals surface area (Å²) in [6.45, 7) is 4.27. The van der Waals surface area contributed by atoms with Gasteiger partial charge in [-0.25, -0.2) is 0 Å². The van der Waals surface area contributed by atoms with E-state index in [1.54, 1.807) is 69.7 Å². The van der Waals surface area contributed by atoms with Crippen LogP contribution in [0.2, 0.25) is 0 Å². The highest BCUT2D eigenvalue weighted by Gasteiger charge is 2.07. The van der Waals surface area contributed by atoms with Gasteiger partial charge in [0.15, 0.2) is 17.4 Å². The number of hydrogen-bond donors (Lipinski definition) is 0. The molecule has 0 aliphatic rings. The number of hydrogen-bond acceptors (Lipinski definition) is 10. The van der Waals surface area contributed by atoms with Crippen LogP contribution in [0.4, 0.5) is 0 Å². The second-order valence-electron chi connectivity index (χ2n) is 4.93. The Bertz CT molecular complexity index is 755. The Kier molecular flexibility index (Phi) is 8.60. The minimum atomic E-state index is 0.917. The van der Waals surface area contributed by atoms with Crippen molar-refractivity contribution in [3.05, 3.63) is 35.4 Å². The molecule has 0 saturated carbocycles. The van der Waals surface area contributed by atoms with Gasteiger partial charge in [-0.15, -0.1) is 20.4 Å². The van der Waals surface area contributed by atoms with Crippen LogP contribution in [-0.2, 0) is 11.5 Å². The average Bonchev–Trinajstić information content (AvgIpc) is 3.29. The van der Waals surface area contributed by atoms with E-state index in [4.69, 9.17) is 0 Å². The SMILES string of the molecule is CCSc1nnc(SCc2cccc(CSc3nnc(SCC)s3)c2)s1. The third-order valence-corrected chi connectivity index (χ3v) is 9.31. The van der Waals surface area contributed by atoms with E-state index < -0.39 is 0 Å². The van der Waals surface area contributed by atoms with Gasteiger partial charge in [-0.05, 0) is 22.6 Å². The average molecular weight is 459 g/mol. The fourth-order valence-electron chi connectivity index (χ4n) is 1.97. The molecule has 0 saturated heterocycles. The van der Waals surface area contributed by atoms with Crippen molar-refractivity contribution in [3.63, 3.8) is 0 Å². The maximum absolute atomic E-state index is 4.26. The summed E-state index contributed by atoms with van der Waals surface area (Å²) in [6.07, 6.45) is 0. The maximum Gasteiger partial charge on any atom is 0.175 e. The molecule has 3 rings (SSSR count). The Labute approximate surface area is 178 Å². The van der Waals surface area contributed by atoms with E-state index in [9.17, 15) is 0 Å². The first-order chi connectivity index (χ1) is 12.8. The van der Waals surface area contributed by atoms with Crippen molar-refractivity contribution in [1.29, 1.82) is 0 Å². The zero-order valence-corrected chi connectivity index (χ0v) is 19.3. The molecule has 0 bridgehead atoms. The summed E-state index contributed by atoms with van der Waals surface area (Å²) in [7, 11) is 0. The van der Waals surface area contributed by atoms with Crippen molar-refractivity contribution in [2.75, 3.05) is 11.5 Å². The number of aromatic nitrogens is 4. The van der Waals surface area contributed by atoms with Crippen LogP contribution in [0.3, 0.4) is 0 Å². The lowest BCUT2D eigenvalue weighted by Gasteiger charge is -2.03. The molecule has 0 amide bonds. The molecule has 2 aromatic heterocycles. The highest BCUT2D eigenvalue weighted by Crippen LogP contribution is 2.32. The van der Waals surface area contributed by atoms with E-state index in [2.05, 4.69) is 58.5 Å². The largest absolute Gasteiger partial charge is 0.175 e. The van der Waals surface area contributed by atoms with Gasteiger partial charge in [0.25, 0.3) is 0 Å². The normalized spacial score (nSPS) is 11.2. The summed E-state index contributed by atoms with van der Waals surface area (Å²) in [6, 6.07) is 8.74. The Morgan fingerprint density at radius 3 is 1.54 bits per heavy atom. The van der Waals surface area contributed by atoms with Gasteiger partial charge < -0.3 is 0 Å². The third-order valence-electron chi connectivity index (χ3n) is 3.03. The number of thioether (sulfide) groups is 4. The quantitative estimate of drug-likeness (QED) is 0.333. The van der Waals surface area contributed by atoms with Gasteiger partial charge in [-0.1, -0.05) is 108 Å². The van der Waals surface area contributed by atoms with Crippen LogP contribution in [0.25, 0.3) is 0 Å². The molecule has 138 valence electrons. The number of rotatable bonds is 10. The Balaban J connectivity index is 1.51. The zero-order valence-electron chi connectivity index (χ0n) is 14.4. The Morgan fingerprint density at radius 1 is 0.692 bits per heavy atom. The molecule has 0 N–H and O–H groups in total. The summed E-state index contributed by atoms with van der Waals surface area (Å²) < 4.78 is 4.18. The summed E-state index contributed by atoms with van der Waals surface area (Å²) in [5.41, 5.74) is 2.62. The molecule has 0 fully saturated rings. The lowest BCUT2D eigenvalue weighted by molar-refractivity contribution is 0.954. The molecule has 26 heavy (non-hydrogen) atoms. The van der Waals surface area contributed by atoms with Gasteiger partial charge in [0.2, 0.25) is 0 Å². The molecule has 2 heterocycles. The van der Waals surface area contributed by atoms with E-state index in [1.165, 1.54) is 11.1 Å².